The summed E-state index contributed by atoms with van der Waals surface area (Å²) in [5.41, 5.74) is 6.33. The normalized spacial score (nSPS) is 12.0. The first kappa shape index (κ1) is 15.6. The Kier molecular flexibility index (Phi) is 5.92. The highest BCUT2D eigenvalue weighted by atomic mass is 35.5. The van der Waals surface area contributed by atoms with Crippen molar-refractivity contribution in [2.75, 3.05) is 19.4 Å². The number of rotatable bonds is 6. The zero-order valence-electron chi connectivity index (χ0n) is 11.1. The highest BCUT2D eigenvalue weighted by molar-refractivity contribution is 6.33. The van der Waals surface area contributed by atoms with Crippen molar-refractivity contribution in [3.05, 3.63) is 22.7 Å². The van der Waals surface area contributed by atoms with Crippen LogP contribution in [-0.2, 0) is 0 Å². The first-order valence-corrected chi connectivity index (χ1v) is 6.46. The minimum atomic E-state index is -0.405. The quantitative estimate of drug-likeness (QED) is 0.697. The summed E-state index contributed by atoms with van der Waals surface area (Å²) in [6, 6.07) is 2.99. The number of hydrogen-bond donors (Lipinski definition) is 3. The van der Waals surface area contributed by atoms with Gasteiger partial charge in [-0.25, -0.2) is 0 Å². The van der Waals surface area contributed by atoms with Crippen molar-refractivity contribution >= 4 is 23.2 Å². The maximum absolute atomic E-state index is 12.0. The summed E-state index contributed by atoms with van der Waals surface area (Å²) in [5, 5.41) is 12.4. The van der Waals surface area contributed by atoms with E-state index in [1.807, 2.05) is 6.92 Å². The number of ether oxygens (including phenoxy) is 1. The van der Waals surface area contributed by atoms with E-state index in [9.17, 15) is 9.90 Å². The summed E-state index contributed by atoms with van der Waals surface area (Å²) in [7, 11) is 1.46. The molecular weight excluding hydrogens is 268 g/mol. The van der Waals surface area contributed by atoms with Gasteiger partial charge in [0, 0.05) is 12.6 Å². The molecule has 0 aliphatic heterocycles. The molecule has 0 bridgehead atoms. The van der Waals surface area contributed by atoms with Gasteiger partial charge in [-0.3, -0.25) is 4.79 Å². The number of aliphatic hydroxyl groups is 1. The molecule has 1 amide bonds. The van der Waals surface area contributed by atoms with Crippen LogP contribution in [0.3, 0.4) is 0 Å². The minimum absolute atomic E-state index is 0.304. The predicted molar refractivity (Wildman–Crippen MR) is 75.7 cm³/mol. The van der Waals surface area contributed by atoms with Gasteiger partial charge in [0.05, 0.1) is 29.5 Å². The Hall–Kier alpha value is -1.46. The van der Waals surface area contributed by atoms with E-state index < -0.39 is 6.10 Å². The average Bonchev–Trinajstić information content (AvgIpc) is 2.40. The van der Waals surface area contributed by atoms with E-state index >= 15 is 0 Å². The molecule has 0 saturated heterocycles. The molecule has 19 heavy (non-hydrogen) atoms. The Bertz CT molecular complexity index is 452. The largest absolute Gasteiger partial charge is 0.496 e. The van der Waals surface area contributed by atoms with E-state index in [0.29, 0.717) is 41.4 Å². The summed E-state index contributed by atoms with van der Waals surface area (Å²) < 4.78 is 5.10. The van der Waals surface area contributed by atoms with Crippen molar-refractivity contribution in [1.82, 2.24) is 5.32 Å². The number of aliphatic hydroxyl groups excluding tert-OH is 1. The number of nitrogens with one attached hydrogen (secondary N) is 1. The SMILES string of the molecule is CCC(O)CCNC(=O)c1cc(Cl)c(N)cc1OC. The number of carbonyl (C=O) groups excluding carboxylic acids is 1. The van der Waals surface area contributed by atoms with Gasteiger partial charge in [-0.2, -0.15) is 0 Å². The van der Waals surface area contributed by atoms with E-state index in [4.69, 9.17) is 22.1 Å². The summed E-state index contributed by atoms with van der Waals surface area (Å²) in [6.45, 7) is 2.27. The van der Waals surface area contributed by atoms with Gasteiger partial charge in [0.1, 0.15) is 5.75 Å². The number of nitrogen functional groups attached to an aromatic ring is 1. The van der Waals surface area contributed by atoms with Gasteiger partial charge in [0.15, 0.2) is 0 Å². The predicted octanol–water partition coefficient (Wildman–Crippen LogP) is 1.82. The van der Waals surface area contributed by atoms with E-state index in [1.54, 1.807) is 0 Å². The first-order valence-electron chi connectivity index (χ1n) is 6.08. The molecule has 5 nitrogen and oxygen atoms in total. The summed E-state index contributed by atoms with van der Waals surface area (Å²) >= 11 is 5.89. The molecule has 0 spiro atoms. The van der Waals surface area contributed by atoms with Gasteiger partial charge >= 0.3 is 0 Å². The van der Waals surface area contributed by atoms with Crippen LogP contribution in [0.15, 0.2) is 12.1 Å². The van der Waals surface area contributed by atoms with Gasteiger partial charge in [0.25, 0.3) is 5.91 Å². The number of methoxy groups -OCH3 is 1. The number of nitrogens with two attached hydrogens (primary N) is 1. The second-order valence-electron chi connectivity index (χ2n) is 4.18. The van der Waals surface area contributed by atoms with Crippen molar-refractivity contribution in [2.24, 2.45) is 0 Å². The third-order valence-corrected chi connectivity index (χ3v) is 3.13. The fraction of sp³-hybridized carbons (Fsp3) is 0.462. The maximum Gasteiger partial charge on any atom is 0.255 e. The van der Waals surface area contributed by atoms with Crippen LogP contribution in [0.2, 0.25) is 5.02 Å². The Balaban J connectivity index is 2.73. The van der Waals surface area contributed by atoms with Gasteiger partial charge in [-0.1, -0.05) is 18.5 Å². The zero-order chi connectivity index (χ0) is 14.4. The Labute approximate surface area is 117 Å². The first-order chi connectivity index (χ1) is 8.99. The fourth-order valence-electron chi connectivity index (χ4n) is 1.57. The Morgan fingerprint density at radius 1 is 1.58 bits per heavy atom. The van der Waals surface area contributed by atoms with Gasteiger partial charge in [-0.05, 0) is 18.9 Å². The molecule has 0 fully saturated rings. The third-order valence-electron chi connectivity index (χ3n) is 2.80. The van der Waals surface area contributed by atoms with E-state index in [2.05, 4.69) is 5.32 Å². The molecule has 106 valence electrons. The number of benzene rings is 1. The van der Waals surface area contributed by atoms with E-state index in [-0.39, 0.29) is 5.91 Å². The molecule has 1 aromatic rings. The van der Waals surface area contributed by atoms with Crippen LogP contribution in [0.5, 0.6) is 5.75 Å². The topological polar surface area (TPSA) is 84.6 Å². The Morgan fingerprint density at radius 2 is 2.26 bits per heavy atom. The molecule has 1 atom stereocenters. The maximum atomic E-state index is 12.0. The van der Waals surface area contributed by atoms with Crippen LogP contribution >= 0.6 is 11.6 Å². The molecule has 6 heteroatoms. The lowest BCUT2D eigenvalue weighted by Crippen LogP contribution is -2.27. The lowest BCUT2D eigenvalue weighted by atomic mass is 10.1. The molecule has 0 aliphatic rings. The molecule has 0 saturated carbocycles. The summed E-state index contributed by atoms with van der Waals surface area (Å²) in [5.74, 6) is 0.0671. The second-order valence-corrected chi connectivity index (χ2v) is 4.59. The van der Waals surface area contributed by atoms with Gasteiger partial charge in [-0.15, -0.1) is 0 Å². The zero-order valence-corrected chi connectivity index (χ0v) is 11.8. The monoisotopic (exact) mass is 286 g/mol. The van der Waals surface area contributed by atoms with Crippen molar-refractivity contribution in [3.8, 4) is 5.75 Å². The van der Waals surface area contributed by atoms with Crippen LogP contribution in [0.4, 0.5) is 5.69 Å². The molecule has 0 heterocycles. The van der Waals surface area contributed by atoms with Crippen molar-refractivity contribution in [3.63, 3.8) is 0 Å². The number of halogens is 1. The lowest BCUT2D eigenvalue weighted by Gasteiger charge is -2.12. The fourth-order valence-corrected chi connectivity index (χ4v) is 1.73. The highest BCUT2D eigenvalue weighted by Gasteiger charge is 2.15. The van der Waals surface area contributed by atoms with Crippen LogP contribution < -0.4 is 15.8 Å². The molecule has 0 aliphatic carbocycles. The van der Waals surface area contributed by atoms with Crippen molar-refractivity contribution in [2.45, 2.75) is 25.9 Å². The van der Waals surface area contributed by atoms with Crippen LogP contribution in [-0.4, -0.2) is 30.8 Å². The Morgan fingerprint density at radius 3 is 2.84 bits per heavy atom. The average molecular weight is 287 g/mol. The highest BCUT2D eigenvalue weighted by Crippen LogP contribution is 2.28. The molecule has 0 aromatic heterocycles. The minimum Gasteiger partial charge on any atom is -0.496 e. The summed E-state index contributed by atoms with van der Waals surface area (Å²) in [4.78, 5) is 12.0. The molecule has 1 aromatic carbocycles. The number of carbonyl (C=O) groups is 1. The molecular formula is C13H19ClN2O3. The lowest BCUT2D eigenvalue weighted by molar-refractivity contribution is 0.0939. The summed E-state index contributed by atoms with van der Waals surface area (Å²) in [6.07, 6.45) is 0.761. The van der Waals surface area contributed by atoms with E-state index in [0.717, 1.165) is 0 Å². The van der Waals surface area contributed by atoms with Gasteiger partial charge < -0.3 is 20.9 Å². The number of amides is 1. The molecule has 4 N–H and O–H groups in total. The smallest absolute Gasteiger partial charge is 0.255 e. The van der Waals surface area contributed by atoms with E-state index in [1.165, 1.54) is 19.2 Å². The van der Waals surface area contributed by atoms with Crippen LogP contribution in [0, 0.1) is 0 Å². The van der Waals surface area contributed by atoms with Crippen LogP contribution in [0.1, 0.15) is 30.1 Å². The molecule has 0 radical (unpaired) electrons. The molecule has 1 unspecified atom stereocenters. The van der Waals surface area contributed by atoms with Crippen LogP contribution in [0.25, 0.3) is 0 Å². The second kappa shape index (κ2) is 7.21. The molecule has 1 rings (SSSR count). The van der Waals surface area contributed by atoms with Gasteiger partial charge in [0.2, 0.25) is 0 Å². The third kappa shape index (κ3) is 4.29. The van der Waals surface area contributed by atoms with Crippen molar-refractivity contribution < 1.29 is 14.6 Å². The number of hydrogen-bond acceptors (Lipinski definition) is 4. The standard InChI is InChI=1S/C13H19ClN2O3/c1-3-8(17)4-5-16-13(18)9-6-10(14)11(15)7-12(9)19-2/h6-8,17H,3-5,15H2,1-2H3,(H,16,18). The number of anilines is 1. The van der Waals surface area contributed by atoms with Crippen molar-refractivity contribution in [1.29, 1.82) is 0 Å².